The van der Waals surface area contributed by atoms with E-state index in [1.54, 1.807) is 24.9 Å². The molecule has 0 bridgehead atoms. The van der Waals surface area contributed by atoms with Crippen molar-refractivity contribution in [1.29, 1.82) is 0 Å². The summed E-state index contributed by atoms with van der Waals surface area (Å²) in [5.74, 6) is 0.232. The van der Waals surface area contributed by atoms with Crippen molar-refractivity contribution in [2.45, 2.75) is 116 Å². The number of fused-ring (bicyclic) bond motifs is 2. The minimum Gasteiger partial charge on any atom is -0.496 e. The van der Waals surface area contributed by atoms with E-state index >= 15 is 4.79 Å². The summed E-state index contributed by atoms with van der Waals surface area (Å²) in [7, 11) is -2.25. The molecule has 4 heterocycles. The number of methoxy groups -OCH3 is 1. The standard InChI is InChI=1S/C44H55N7O8S2/c1-9-25-20-44(25,41(54)50-61(55,56)27-14-15-27)49-37(52)33-18-26(21-51(33)40(53)36(43(5,6)7)48-42-47-30-12-10-11-13-35(30)59-42)58-38-28-16-17-34(57-8)24(4)29(28)19-31(45-38)39-46-32(22-60-39)23(2)3/h10-13,16-17,19,23,25-27,32-33,36H,9,14-15,18,20-22H2,1-8H3,(H,47,48)(H,49,52)(H,50,54)/t25-,26-,32?,33+,36-,44-/m1/s1. The highest BCUT2D eigenvalue weighted by Gasteiger charge is 2.62. The van der Waals surface area contributed by atoms with Crippen LogP contribution in [0.3, 0.4) is 0 Å². The second-order valence-corrected chi connectivity index (χ2v) is 21.2. The Labute approximate surface area is 360 Å². The molecule has 4 aromatic rings. The molecule has 2 aromatic carbocycles. The lowest BCUT2D eigenvalue weighted by Gasteiger charge is -2.35. The Morgan fingerprint density at radius 3 is 2.48 bits per heavy atom. The molecule has 0 radical (unpaired) electrons. The molecule has 326 valence electrons. The van der Waals surface area contributed by atoms with Gasteiger partial charge in [-0.05, 0) is 84.7 Å². The van der Waals surface area contributed by atoms with Crippen LogP contribution >= 0.6 is 11.8 Å². The van der Waals surface area contributed by atoms with Crippen molar-refractivity contribution in [2.75, 3.05) is 24.7 Å². The monoisotopic (exact) mass is 873 g/mol. The van der Waals surface area contributed by atoms with Gasteiger partial charge < -0.3 is 29.4 Å². The zero-order valence-electron chi connectivity index (χ0n) is 35.9. The molecule has 4 aliphatic rings. The van der Waals surface area contributed by atoms with E-state index in [-0.39, 0.29) is 37.4 Å². The van der Waals surface area contributed by atoms with Gasteiger partial charge in [-0.2, -0.15) is 4.98 Å². The molecule has 3 N–H and O–H groups in total. The maximum absolute atomic E-state index is 15.0. The average Bonchev–Trinajstić information content (AvgIpc) is 4.02. The number of benzene rings is 2. The van der Waals surface area contributed by atoms with Crippen molar-refractivity contribution in [1.82, 2.24) is 24.9 Å². The van der Waals surface area contributed by atoms with E-state index in [0.717, 1.165) is 27.1 Å². The number of aromatic nitrogens is 2. The summed E-state index contributed by atoms with van der Waals surface area (Å²) in [6.45, 7) is 13.9. The third-order valence-electron chi connectivity index (χ3n) is 12.4. The molecule has 61 heavy (non-hydrogen) atoms. The minimum atomic E-state index is -3.88. The minimum absolute atomic E-state index is 0.0128. The van der Waals surface area contributed by atoms with Crippen molar-refractivity contribution >= 4 is 72.4 Å². The third kappa shape index (κ3) is 8.39. The van der Waals surface area contributed by atoms with Crippen molar-refractivity contribution in [3.8, 4) is 11.6 Å². The number of ether oxygens (including phenoxy) is 2. The number of carbonyl (C=O) groups excluding carboxylic acids is 3. The fourth-order valence-electron chi connectivity index (χ4n) is 8.41. The maximum atomic E-state index is 15.0. The molecule has 1 unspecified atom stereocenters. The molecule has 6 atom stereocenters. The van der Waals surface area contributed by atoms with E-state index in [1.807, 2.05) is 71.0 Å². The number of anilines is 1. The third-order valence-corrected chi connectivity index (χ3v) is 15.3. The average molecular weight is 874 g/mol. The summed E-state index contributed by atoms with van der Waals surface area (Å²) >= 11 is 1.65. The van der Waals surface area contributed by atoms with Crippen LogP contribution in [0.2, 0.25) is 0 Å². The molecule has 2 saturated carbocycles. The van der Waals surface area contributed by atoms with Gasteiger partial charge in [0, 0.05) is 17.6 Å². The van der Waals surface area contributed by atoms with Gasteiger partial charge in [-0.1, -0.05) is 60.1 Å². The number of nitrogens with zero attached hydrogens (tertiary/aromatic N) is 4. The number of pyridine rings is 1. The summed E-state index contributed by atoms with van der Waals surface area (Å²) in [6, 6.07) is 11.4. The molecular formula is C44H55N7O8S2. The molecule has 2 aliphatic heterocycles. The summed E-state index contributed by atoms with van der Waals surface area (Å²) in [6.07, 6.45) is 1.14. The van der Waals surface area contributed by atoms with E-state index in [4.69, 9.17) is 23.9 Å². The zero-order valence-corrected chi connectivity index (χ0v) is 37.5. The molecule has 2 aromatic heterocycles. The lowest BCUT2D eigenvalue weighted by molar-refractivity contribution is -0.141. The van der Waals surface area contributed by atoms with E-state index in [2.05, 4.69) is 34.2 Å². The van der Waals surface area contributed by atoms with Crippen LogP contribution in [0.1, 0.15) is 84.9 Å². The van der Waals surface area contributed by atoms with Crippen LogP contribution in [0.5, 0.6) is 11.6 Å². The Balaban J connectivity index is 1.14. The number of sulfonamides is 1. The van der Waals surface area contributed by atoms with Crippen LogP contribution in [0, 0.1) is 24.2 Å². The zero-order chi connectivity index (χ0) is 43.6. The summed E-state index contributed by atoms with van der Waals surface area (Å²) in [5.41, 5.74) is 0.605. The lowest BCUT2D eigenvalue weighted by Crippen LogP contribution is -2.58. The Kier molecular flexibility index (Phi) is 11.3. The molecule has 0 spiro atoms. The van der Waals surface area contributed by atoms with Crippen LogP contribution in [-0.4, -0.2) is 100 Å². The van der Waals surface area contributed by atoms with E-state index in [0.29, 0.717) is 53.6 Å². The highest BCUT2D eigenvalue weighted by molar-refractivity contribution is 8.14. The maximum Gasteiger partial charge on any atom is 0.296 e. The van der Waals surface area contributed by atoms with Gasteiger partial charge in [0.2, 0.25) is 27.7 Å². The number of carbonyl (C=O) groups is 3. The Morgan fingerprint density at radius 1 is 1.08 bits per heavy atom. The van der Waals surface area contributed by atoms with Crippen molar-refractivity contribution in [2.24, 2.45) is 22.2 Å². The molecule has 15 nitrogen and oxygen atoms in total. The fraction of sp³-hybridized carbons (Fsp3) is 0.545. The molecule has 3 fully saturated rings. The van der Waals surface area contributed by atoms with Crippen LogP contribution in [0.25, 0.3) is 21.9 Å². The quantitative estimate of drug-likeness (QED) is 0.134. The highest BCUT2D eigenvalue weighted by Crippen LogP contribution is 2.47. The number of hydrogen-bond acceptors (Lipinski definition) is 13. The second-order valence-electron chi connectivity index (χ2n) is 18.2. The number of para-hydroxylation sites is 2. The molecular weight excluding hydrogens is 819 g/mol. The molecule has 3 amide bonds. The number of hydrogen-bond donors (Lipinski definition) is 3. The van der Waals surface area contributed by atoms with Crippen LogP contribution in [0.15, 0.2) is 51.9 Å². The SMILES string of the molecule is CC[C@@H]1C[C@]1(NC(=O)[C@@H]1C[C@@H](Oc2nc(C3=NC(C(C)C)CS3)cc3c(C)c(OC)ccc23)CN1C(=O)[C@@H](Nc1nc2ccccc2o1)C(C)(C)C)C(=O)NS(=O)(=O)C1CC1. The van der Waals surface area contributed by atoms with Crippen LogP contribution in [0.4, 0.5) is 6.01 Å². The first-order valence-corrected chi connectivity index (χ1v) is 23.6. The van der Waals surface area contributed by atoms with Gasteiger partial charge in [0.15, 0.2) is 5.58 Å². The van der Waals surface area contributed by atoms with Gasteiger partial charge in [0.1, 0.15) is 40.0 Å². The lowest BCUT2D eigenvalue weighted by atomic mass is 9.85. The second kappa shape index (κ2) is 16.1. The van der Waals surface area contributed by atoms with Crippen LogP contribution < -0.4 is 24.8 Å². The highest BCUT2D eigenvalue weighted by atomic mass is 32.2. The number of thioether (sulfide) groups is 1. The van der Waals surface area contributed by atoms with Gasteiger partial charge in [-0.3, -0.25) is 24.1 Å². The predicted molar refractivity (Wildman–Crippen MR) is 235 cm³/mol. The van der Waals surface area contributed by atoms with Gasteiger partial charge in [-0.25, -0.2) is 13.4 Å². The van der Waals surface area contributed by atoms with Gasteiger partial charge in [-0.15, -0.1) is 11.8 Å². The van der Waals surface area contributed by atoms with E-state index < -0.39 is 62.1 Å². The Morgan fingerprint density at radius 2 is 1.84 bits per heavy atom. The smallest absolute Gasteiger partial charge is 0.296 e. The number of oxazole rings is 1. The van der Waals surface area contributed by atoms with E-state index in [9.17, 15) is 18.0 Å². The number of likely N-dealkylation sites (tertiary alicyclic amines) is 1. The van der Waals surface area contributed by atoms with Crippen molar-refractivity contribution < 1.29 is 36.7 Å². The van der Waals surface area contributed by atoms with Gasteiger partial charge in [0.05, 0.1) is 30.6 Å². The Bertz CT molecular complexity index is 2500. The number of aryl methyl sites for hydroxylation is 1. The topological polar surface area (TPSA) is 194 Å². The van der Waals surface area contributed by atoms with Gasteiger partial charge >= 0.3 is 0 Å². The summed E-state index contributed by atoms with van der Waals surface area (Å²) in [4.78, 5) is 59.6. The molecule has 17 heteroatoms. The van der Waals surface area contributed by atoms with Gasteiger partial charge in [0.25, 0.3) is 11.9 Å². The molecule has 1 saturated heterocycles. The van der Waals surface area contributed by atoms with Crippen LogP contribution in [-0.2, 0) is 24.4 Å². The molecule has 8 rings (SSSR count). The van der Waals surface area contributed by atoms with Crippen molar-refractivity contribution in [3.05, 3.63) is 53.7 Å². The van der Waals surface area contributed by atoms with Crippen molar-refractivity contribution in [3.63, 3.8) is 0 Å². The first-order chi connectivity index (χ1) is 28.9. The number of rotatable bonds is 14. The normalized spacial score (nSPS) is 24.5. The summed E-state index contributed by atoms with van der Waals surface area (Å²) in [5, 5.41) is 7.98. The number of amides is 3. The fourth-order valence-corrected chi connectivity index (χ4v) is 11.0. The largest absolute Gasteiger partial charge is 0.496 e. The number of aliphatic imine (C=N–C) groups is 1. The first kappa shape index (κ1) is 42.8. The number of nitrogens with one attached hydrogen (secondary N) is 3. The Hall–Kier alpha value is -4.90. The summed E-state index contributed by atoms with van der Waals surface area (Å²) < 4.78 is 46.5. The first-order valence-electron chi connectivity index (χ1n) is 21.1. The van der Waals surface area contributed by atoms with E-state index in [1.165, 1.54) is 4.90 Å². The predicted octanol–water partition coefficient (Wildman–Crippen LogP) is 5.98. The molecule has 2 aliphatic carbocycles.